The van der Waals surface area contributed by atoms with Crippen molar-refractivity contribution in [2.24, 2.45) is 4.99 Å². The molecule has 1 saturated heterocycles. The van der Waals surface area contributed by atoms with Crippen molar-refractivity contribution >= 4 is 22.9 Å². The molecule has 0 aliphatic carbocycles. The first kappa shape index (κ1) is 14.7. The predicted octanol–water partition coefficient (Wildman–Crippen LogP) is 3.88. The van der Waals surface area contributed by atoms with Crippen molar-refractivity contribution in [3.05, 3.63) is 40.8 Å². The van der Waals surface area contributed by atoms with Gasteiger partial charge in [-0.05, 0) is 45.1 Å². The van der Waals surface area contributed by atoms with Crippen molar-refractivity contribution < 1.29 is 4.74 Å². The van der Waals surface area contributed by atoms with Gasteiger partial charge in [-0.1, -0.05) is 12.1 Å². The van der Waals surface area contributed by atoms with Gasteiger partial charge < -0.3 is 14.5 Å². The maximum Gasteiger partial charge on any atom is 0.192 e. The van der Waals surface area contributed by atoms with E-state index in [1.165, 1.54) is 4.88 Å². The van der Waals surface area contributed by atoms with E-state index in [0.717, 1.165) is 60.5 Å². The van der Waals surface area contributed by atoms with Crippen LogP contribution in [0.4, 0.5) is 5.69 Å². The summed E-state index contributed by atoms with van der Waals surface area (Å²) in [6.07, 6.45) is 1.16. The van der Waals surface area contributed by atoms with E-state index in [1.54, 1.807) is 11.3 Å². The third-order valence-electron chi connectivity index (χ3n) is 4.38. The maximum atomic E-state index is 6.16. The molecule has 1 fully saturated rings. The van der Waals surface area contributed by atoms with E-state index in [2.05, 4.69) is 29.8 Å². The number of ether oxygens (including phenoxy) is 1. The summed E-state index contributed by atoms with van der Waals surface area (Å²) < 4.78 is 6.16. The summed E-state index contributed by atoms with van der Waals surface area (Å²) >= 11 is 1.70. The number of nitrogens with zero attached hydrogens (tertiary/aromatic N) is 3. The molecule has 0 unspecified atom stereocenters. The third-order valence-corrected chi connectivity index (χ3v) is 5.30. The van der Waals surface area contributed by atoms with Crippen LogP contribution in [0.2, 0.25) is 0 Å². The molecule has 0 saturated carbocycles. The highest BCUT2D eigenvalue weighted by Gasteiger charge is 2.25. The summed E-state index contributed by atoms with van der Waals surface area (Å²) in [5.41, 5.74) is 2.05. The summed E-state index contributed by atoms with van der Waals surface area (Å²) in [7, 11) is 2.19. The minimum Gasteiger partial charge on any atom is -0.444 e. The number of hydrogen-bond donors (Lipinski definition) is 0. The lowest BCUT2D eigenvalue weighted by atomic mass is 10.2. The largest absolute Gasteiger partial charge is 0.444 e. The Bertz CT molecular complexity index is 752. The molecule has 120 valence electrons. The Hall–Kier alpha value is -1.85. The highest BCUT2D eigenvalue weighted by atomic mass is 32.1. The molecule has 1 aromatic carbocycles. The Balaban J connectivity index is 1.80. The van der Waals surface area contributed by atoms with Crippen LogP contribution in [0, 0.1) is 6.92 Å². The fourth-order valence-corrected chi connectivity index (χ4v) is 3.99. The fraction of sp³-hybridized carbons (Fsp3) is 0.389. The van der Waals surface area contributed by atoms with Gasteiger partial charge in [-0.25, -0.2) is 4.99 Å². The lowest BCUT2D eigenvalue weighted by molar-refractivity contribution is 0.346. The van der Waals surface area contributed by atoms with Crippen molar-refractivity contribution in [1.29, 1.82) is 0 Å². The summed E-state index contributed by atoms with van der Waals surface area (Å²) in [4.78, 5) is 11.1. The molecular weight excluding hydrogens is 306 g/mol. The molecule has 2 aliphatic rings. The molecule has 23 heavy (non-hydrogen) atoms. The van der Waals surface area contributed by atoms with E-state index >= 15 is 0 Å². The van der Waals surface area contributed by atoms with Gasteiger partial charge in [0, 0.05) is 24.5 Å². The SMILES string of the molecule is Cc1cc2c(s1)Oc1ccccc1N=C2N1CCCN(C)CC1. The minimum absolute atomic E-state index is 0.845. The number of aryl methyl sites for hydroxylation is 1. The number of thiophene rings is 1. The Morgan fingerprint density at radius 3 is 2.91 bits per heavy atom. The number of aliphatic imine (C=N–C) groups is 1. The zero-order chi connectivity index (χ0) is 15.8. The van der Waals surface area contributed by atoms with E-state index < -0.39 is 0 Å². The normalized spacial score (nSPS) is 18.3. The van der Waals surface area contributed by atoms with Gasteiger partial charge in [0.1, 0.15) is 11.5 Å². The summed E-state index contributed by atoms with van der Waals surface area (Å²) in [5.74, 6) is 1.90. The molecule has 4 nitrogen and oxygen atoms in total. The van der Waals surface area contributed by atoms with Crippen LogP contribution in [0.5, 0.6) is 10.8 Å². The van der Waals surface area contributed by atoms with Crippen LogP contribution in [0.15, 0.2) is 35.3 Å². The van der Waals surface area contributed by atoms with Gasteiger partial charge in [0.15, 0.2) is 10.8 Å². The van der Waals surface area contributed by atoms with Gasteiger partial charge in [0.25, 0.3) is 0 Å². The topological polar surface area (TPSA) is 28.1 Å². The van der Waals surface area contributed by atoms with E-state index in [9.17, 15) is 0 Å². The number of fused-ring (bicyclic) bond motifs is 2. The second kappa shape index (κ2) is 5.98. The molecule has 0 spiro atoms. The maximum absolute atomic E-state index is 6.16. The highest BCUT2D eigenvalue weighted by Crippen LogP contribution is 2.42. The van der Waals surface area contributed by atoms with Crippen LogP contribution in [0.1, 0.15) is 16.9 Å². The van der Waals surface area contributed by atoms with Crippen molar-refractivity contribution in [1.82, 2.24) is 9.80 Å². The zero-order valence-corrected chi connectivity index (χ0v) is 14.4. The first-order valence-corrected chi connectivity index (χ1v) is 8.92. The Labute approximate surface area is 141 Å². The number of amidine groups is 1. The van der Waals surface area contributed by atoms with Crippen LogP contribution in [-0.4, -0.2) is 48.9 Å². The second-order valence-corrected chi connectivity index (χ2v) is 7.43. The molecular formula is C18H21N3OS. The van der Waals surface area contributed by atoms with Crippen LogP contribution in [0.25, 0.3) is 0 Å². The van der Waals surface area contributed by atoms with E-state index in [4.69, 9.17) is 9.73 Å². The number of rotatable bonds is 0. The Kier molecular flexibility index (Phi) is 3.83. The lowest BCUT2D eigenvalue weighted by Gasteiger charge is -2.23. The summed E-state index contributed by atoms with van der Waals surface area (Å²) in [5, 5.41) is 0.962. The van der Waals surface area contributed by atoms with Crippen LogP contribution in [0.3, 0.4) is 0 Å². The molecule has 0 bridgehead atoms. The minimum atomic E-state index is 0.845. The monoisotopic (exact) mass is 327 g/mol. The summed E-state index contributed by atoms with van der Waals surface area (Å²) in [6, 6.07) is 10.3. The van der Waals surface area contributed by atoms with Crippen molar-refractivity contribution in [3.63, 3.8) is 0 Å². The second-order valence-electron chi connectivity index (χ2n) is 6.21. The molecule has 3 heterocycles. The third kappa shape index (κ3) is 2.86. The van der Waals surface area contributed by atoms with Crippen molar-refractivity contribution in [2.45, 2.75) is 13.3 Å². The van der Waals surface area contributed by atoms with Crippen LogP contribution >= 0.6 is 11.3 Å². The lowest BCUT2D eigenvalue weighted by Crippen LogP contribution is -2.34. The van der Waals surface area contributed by atoms with Gasteiger partial charge in [0.2, 0.25) is 0 Å². The van der Waals surface area contributed by atoms with Crippen LogP contribution < -0.4 is 4.74 Å². The Morgan fingerprint density at radius 2 is 2.00 bits per heavy atom. The standard InChI is InChI=1S/C18H21N3OS/c1-13-12-14-17(21-9-5-8-20(2)10-11-21)19-15-6-3-4-7-16(15)22-18(14)23-13/h3-4,6-7,12H,5,8-11H2,1-2H3. The highest BCUT2D eigenvalue weighted by molar-refractivity contribution is 7.14. The van der Waals surface area contributed by atoms with Crippen LogP contribution in [-0.2, 0) is 0 Å². The van der Waals surface area contributed by atoms with E-state index in [1.807, 2.05) is 24.3 Å². The average Bonchev–Trinajstić information content (AvgIpc) is 2.70. The molecule has 2 aliphatic heterocycles. The van der Waals surface area contributed by atoms with Gasteiger partial charge in [-0.2, -0.15) is 0 Å². The smallest absolute Gasteiger partial charge is 0.192 e. The van der Waals surface area contributed by atoms with E-state index in [0.29, 0.717) is 0 Å². The van der Waals surface area contributed by atoms with Gasteiger partial charge in [-0.15, -0.1) is 11.3 Å². The molecule has 2 aromatic rings. The first-order chi connectivity index (χ1) is 11.2. The van der Waals surface area contributed by atoms with Gasteiger partial charge in [0.05, 0.1) is 5.56 Å². The molecule has 0 amide bonds. The number of likely N-dealkylation sites (N-methyl/N-ethyl adjacent to an activating group) is 1. The molecule has 4 rings (SSSR count). The van der Waals surface area contributed by atoms with Gasteiger partial charge in [-0.3, -0.25) is 0 Å². The zero-order valence-electron chi connectivity index (χ0n) is 13.6. The average molecular weight is 327 g/mol. The molecule has 0 N–H and O–H groups in total. The quantitative estimate of drug-likeness (QED) is 0.735. The van der Waals surface area contributed by atoms with Crippen molar-refractivity contribution in [2.75, 3.05) is 33.2 Å². The van der Waals surface area contributed by atoms with Crippen molar-refractivity contribution in [3.8, 4) is 10.8 Å². The fourth-order valence-electron chi connectivity index (χ4n) is 3.13. The van der Waals surface area contributed by atoms with E-state index in [-0.39, 0.29) is 0 Å². The number of hydrogen-bond acceptors (Lipinski definition) is 5. The first-order valence-electron chi connectivity index (χ1n) is 8.10. The predicted molar refractivity (Wildman–Crippen MR) is 95.5 cm³/mol. The van der Waals surface area contributed by atoms with Gasteiger partial charge >= 0.3 is 0 Å². The Morgan fingerprint density at radius 1 is 1.13 bits per heavy atom. The molecule has 1 aromatic heterocycles. The number of para-hydroxylation sites is 2. The molecule has 0 atom stereocenters. The summed E-state index contributed by atoms with van der Waals surface area (Å²) in [6.45, 7) is 6.39. The number of benzene rings is 1. The molecule has 5 heteroatoms. The molecule has 0 radical (unpaired) electrons.